The lowest BCUT2D eigenvalue weighted by Gasteiger charge is -2.06. The number of non-ortho nitro benzene ring substituents is 1. The SMILES string of the molecule is C=CCNC(=S)N/N=C/c1cc([N+](=O)[O-])cc(OC)c1O. The highest BCUT2D eigenvalue weighted by atomic mass is 32.1. The molecule has 1 rings (SSSR count). The lowest BCUT2D eigenvalue weighted by atomic mass is 10.2. The van der Waals surface area contributed by atoms with Gasteiger partial charge in [0.2, 0.25) is 0 Å². The summed E-state index contributed by atoms with van der Waals surface area (Å²) in [6, 6.07) is 2.29. The first kappa shape index (κ1) is 16.4. The van der Waals surface area contributed by atoms with Gasteiger partial charge in [0.05, 0.1) is 24.3 Å². The van der Waals surface area contributed by atoms with E-state index in [9.17, 15) is 15.2 Å². The summed E-state index contributed by atoms with van der Waals surface area (Å²) in [6.45, 7) is 3.99. The van der Waals surface area contributed by atoms with Crippen molar-refractivity contribution < 1.29 is 14.8 Å². The van der Waals surface area contributed by atoms with E-state index in [1.165, 1.54) is 19.4 Å². The van der Waals surface area contributed by atoms with Crippen LogP contribution in [0.5, 0.6) is 11.5 Å². The van der Waals surface area contributed by atoms with Crippen LogP contribution in [-0.4, -0.2) is 35.0 Å². The van der Waals surface area contributed by atoms with Crippen molar-refractivity contribution >= 4 is 29.2 Å². The maximum atomic E-state index is 10.8. The number of methoxy groups -OCH3 is 1. The summed E-state index contributed by atoms with van der Waals surface area (Å²) in [4.78, 5) is 10.2. The summed E-state index contributed by atoms with van der Waals surface area (Å²) in [5.41, 5.74) is 2.40. The van der Waals surface area contributed by atoms with Gasteiger partial charge in [-0.05, 0) is 12.2 Å². The number of ether oxygens (including phenoxy) is 1. The molecule has 0 atom stereocenters. The molecule has 0 saturated carbocycles. The number of nitro benzene ring substituents is 1. The lowest BCUT2D eigenvalue weighted by Crippen LogP contribution is -2.31. The second kappa shape index (κ2) is 7.80. The van der Waals surface area contributed by atoms with E-state index in [0.29, 0.717) is 6.54 Å². The first-order chi connectivity index (χ1) is 9.99. The Balaban J connectivity index is 2.91. The van der Waals surface area contributed by atoms with Gasteiger partial charge in [-0.1, -0.05) is 6.08 Å². The summed E-state index contributed by atoms with van der Waals surface area (Å²) in [6.07, 6.45) is 2.82. The van der Waals surface area contributed by atoms with Gasteiger partial charge in [-0.25, -0.2) is 0 Å². The van der Waals surface area contributed by atoms with E-state index >= 15 is 0 Å². The smallest absolute Gasteiger partial charge is 0.274 e. The fraction of sp³-hybridized carbons (Fsp3) is 0.167. The fourth-order valence-electron chi connectivity index (χ4n) is 1.34. The number of nitrogens with one attached hydrogen (secondary N) is 2. The van der Waals surface area contributed by atoms with Crippen molar-refractivity contribution in [1.29, 1.82) is 0 Å². The first-order valence-corrected chi connectivity index (χ1v) is 6.13. The number of thiocarbonyl (C=S) groups is 1. The number of aromatic hydroxyl groups is 1. The van der Waals surface area contributed by atoms with Gasteiger partial charge in [-0.3, -0.25) is 15.5 Å². The Morgan fingerprint density at radius 1 is 1.67 bits per heavy atom. The molecule has 0 aromatic heterocycles. The van der Waals surface area contributed by atoms with Crippen LogP contribution < -0.4 is 15.5 Å². The average Bonchev–Trinajstić information content (AvgIpc) is 2.46. The molecule has 0 radical (unpaired) electrons. The number of rotatable bonds is 6. The zero-order valence-corrected chi connectivity index (χ0v) is 12.0. The number of benzene rings is 1. The Kier molecular flexibility index (Phi) is 6.08. The normalized spacial score (nSPS) is 10.1. The van der Waals surface area contributed by atoms with Crippen LogP contribution in [0.2, 0.25) is 0 Å². The molecule has 0 amide bonds. The van der Waals surface area contributed by atoms with Crippen LogP contribution in [0.15, 0.2) is 29.9 Å². The molecule has 0 bridgehead atoms. The maximum absolute atomic E-state index is 10.8. The topological polar surface area (TPSA) is 109 Å². The van der Waals surface area contributed by atoms with Gasteiger partial charge < -0.3 is 15.2 Å². The van der Waals surface area contributed by atoms with Gasteiger partial charge in [-0.15, -0.1) is 6.58 Å². The van der Waals surface area contributed by atoms with Crippen molar-refractivity contribution in [2.24, 2.45) is 5.10 Å². The van der Waals surface area contributed by atoms with Crippen LogP contribution in [0.25, 0.3) is 0 Å². The molecule has 3 N–H and O–H groups in total. The molecule has 0 aliphatic carbocycles. The van der Waals surface area contributed by atoms with Crippen LogP contribution in [0.1, 0.15) is 5.56 Å². The molecule has 0 saturated heterocycles. The summed E-state index contributed by atoms with van der Waals surface area (Å²) in [5.74, 6) is -0.267. The molecule has 8 nitrogen and oxygen atoms in total. The van der Waals surface area contributed by atoms with E-state index < -0.39 is 4.92 Å². The van der Waals surface area contributed by atoms with Crippen LogP contribution in [0.4, 0.5) is 5.69 Å². The molecule has 0 spiro atoms. The van der Waals surface area contributed by atoms with Crippen LogP contribution in [0.3, 0.4) is 0 Å². The molecular weight excluding hydrogens is 296 g/mol. The van der Waals surface area contributed by atoms with E-state index in [-0.39, 0.29) is 27.9 Å². The zero-order valence-electron chi connectivity index (χ0n) is 11.2. The number of hydrogen-bond donors (Lipinski definition) is 3. The summed E-state index contributed by atoms with van der Waals surface area (Å²) in [7, 11) is 1.30. The Morgan fingerprint density at radius 3 is 2.95 bits per heavy atom. The van der Waals surface area contributed by atoms with Crippen molar-refractivity contribution in [3.05, 3.63) is 40.5 Å². The number of nitro groups is 1. The fourth-order valence-corrected chi connectivity index (χ4v) is 1.47. The number of nitrogens with zero attached hydrogens (tertiary/aromatic N) is 2. The Hall–Kier alpha value is -2.68. The molecule has 112 valence electrons. The van der Waals surface area contributed by atoms with Gasteiger partial charge >= 0.3 is 0 Å². The van der Waals surface area contributed by atoms with Crippen molar-refractivity contribution in [2.75, 3.05) is 13.7 Å². The predicted molar refractivity (Wildman–Crippen MR) is 82.8 cm³/mol. The highest BCUT2D eigenvalue weighted by Gasteiger charge is 2.15. The minimum absolute atomic E-state index is 0.0157. The van der Waals surface area contributed by atoms with E-state index in [0.717, 1.165) is 6.07 Å². The minimum atomic E-state index is -0.594. The van der Waals surface area contributed by atoms with Gasteiger partial charge in [0, 0.05) is 18.2 Å². The monoisotopic (exact) mass is 310 g/mol. The quantitative estimate of drug-likeness (QED) is 0.239. The molecule has 0 unspecified atom stereocenters. The Bertz CT molecular complexity index is 589. The van der Waals surface area contributed by atoms with Gasteiger partial charge in [0.1, 0.15) is 0 Å². The molecule has 9 heteroatoms. The highest BCUT2D eigenvalue weighted by Crippen LogP contribution is 2.33. The highest BCUT2D eigenvalue weighted by molar-refractivity contribution is 7.80. The summed E-state index contributed by atoms with van der Waals surface area (Å²) < 4.78 is 4.87. The van der Waals surface area contributed by atoms with E-state index in [4.69, 9.17) is 17.0 Å². The molecule has 0 aliphatic heterocycles. The van der Waals surface area contributed by atoms with Crippen LogP contribution in [-0.2, 0) is 0 Å². The van der Waals surface area contributed by atoms with E-state index in [1.807, 2.05) is 0 Å². The molecule has 0 heterocycles. The largest absolute Gasteiger partial charge is 0.504 e. The second-order valence-electron chi connectivity index (χ2n) is 3.71. The standard InChI is InChI=1S/C12H14N4O4S/c1-3-4-13-12(21)15-14-7-8-5-9(16(18)19)6-10(20-2)11(8)17/h3,5-7,17H,1,4H2,2H3,(H2,13,15,21)/b14-7+. The van der Waals surface area contributed by atoms with Crippen molar-refractivity contribution in [2.45, 2.75) is 0 Å². The minimum Gasteiger partial charge on any atom is -0.504 e. The average molecular weight is 310 g/mol. The molecule has 0 fully saturated rings. The molecule has 21 heavy (non-hydrogen) atoms. The first-order valence-electron chi connectivity index (χ1n) is 5.72. The third-order valence-corrected chi connectivity index (χ3v) is 2.53. The van der Waals surface area contributed by atoms with E-state index in [1.54, 1.807) is 6.08 Å². The number of hydrogen-bond acceptors (Lipinski definition) is 6. The summed E-state index contributed by atoms with van der Waals surface area (Å²) in [5, 5.41) is 27.5. The third-order valence-electron chi connectivity index (χ3n) is 2.30. The number of phenolic OH excluding ortho intramolecular Hbond substituents is 1. The maximum Gasteiger partial charge on any atom is 0.274 e. The van der Waals surface area contributed by atoms with Crippen LogP contribution >= 0.6 is 12.2 Å². The Morgan fingerprint density at radius 2 is 2.38 bits per heavy atom. The third kappa shape index (κ3) is 4.73. The molecule has 1 aromatic rings. The van der Waals surface area contributed by atoms with Gasteiger partial charge in [0.15, 0.2) is 16.6 Å². The predicted octanol–water partition coefficient (Wildman–Crippen LogP) is 1.29. The Labute approximate surface area is 126 Å². The van der Waals surface area contributed by atoms with Gasteiger partial charge in [-0.2, -0.15) is 5.10 Å². The molecular formula is C12H14N4O4S. The van der Waals surface area contributed by atoms with E-state index in [2.05, 4.69) is 22.4 Å². The number of phenols is 1. The molecule has 0 aliphatic rings. The zero-order chi connectivity index (χ0) is 15.8. The van der Waals surface area contributed by atoms with Gasteiger partial charge in [0.25, 0.3) is 5.69 Å². The summed E-state index contributed by atoms with van der Waals surface area (Å²) >= 11 is 4.90. The molecule has 1 aromatic carbocycles. The lowest BCUT2D eigenvalue weighted by molar-refractivity contribution is -0.385. The van der Waals surface area contributed by atoms with Crippen molar-refractivity contribution in [3.8, 4) is 11.5 Å². The van der Waals surface area contributed by atoms with Crippen molar-refractivity contribution in [3.63, 3.8) is 0 Å². The number of hydrazone groups is 1. The van der Waals surface area contributed by atoms with Crippen molar-refractivity contribution in [1.82, 2.24) is 10.7 Å². The van der Waals surface area contributed by atoms with Crippen LogP contribution in [0, 0.1) is 10.1 Å². The second-order valence-corrected chi connectivity index (χ2v) is 4.12.